The second-order valence-electron chi connectivity index (χ2n) is 2.88. The summed E-state index contributed by atoms with van der Waals surface area (Å²) >= 11 is 1.65. The minimum atomic E-state index is 0.341. The molecule has 0 bridgehead atoms. The Hall–Kier alpha value is -1.46. The number of hydrogen-bond acceptors (Lipinski definition) is 5. The first-order valence-electron chi connectivity index (χ1n) is 4.55. The minimum Gasteiger partial charge on any atom is -0.471 e. The van der Waals surface area contributed by atoms with Crippen LogP contribution in [0.25, 0.3) is 0 Å². The molecule has 0 aromatic carbocycles. The van der Waals surface area contributed by atoms with Crippen LogP contribution in [0.5, 0.6) is 5.88 Å². The van der Waals surface area contributed by atoms with Crippen molar-refractivity contribution in [1.29, 1.82) is 0 Å². The Morgan fingerprint density at radius 1 is 1.33 bits per heavy atom. The Bertz CT molecular complexity index is 416. The lowest BCUT2D eigenvalue weighted by Gasteiger charge is -2.06. The molecule has 2 heterocycles. The number of rotatable bonds is 4. The van der Waals surface area contributed by atoms with Gasteiger partial charge in [-0.3, -0.25) is 4.98 Å². The number of thiophene rings is 1. The lowest BCUT2D eigenvalue weighted by atomic mass is 10.4. The smallest absolute Gasteiger partial charge is 0.237 e. The molecule has 2 rings (SSSR count). The maximum atomic E-state index is 5.53. The van der Waals surface area contributed by atoms with Gasteiger partial charge in [-0.15, -0.1) is 11.3 Å². The highest BCUT2D eigenvalue weighted by Gasteiger charge is 2.04. The third-order valence-electron chi connectivity index (χ3n) is 1.86. The van der Waals surface area contributed by atoms with Gasteiger partial charge in [-0.1, -0.05) is 6.07 Å². The maximum absolute atomic E-state index is 5.53. The number of ether oxygens (including phenoxy) is 1. The van der Waals surface area contributed by atoms with Gasteiger partial charge in [0.1, 0.15) is 12.3 Å². The van der Waals surface area contributed by atoms with Crippen LogP contribution in [0.4, 0.5) is 0 Å². The summed E-state index contributed by atoms with van der Waals surface area (Å²) in [7, 11) is 0. The van der Waals surface area contributed by atoms with Crippen molar-refractivity contribution in [1.82, 2.24) is 9.97 Å². The zero-order valence-electron chi connectivity index (χ0n) is 8.09. The molecular formula is C10H11N3OS. The summed E-state index contributed by atoms with van der Waals surface area (Å²) in [6.45, 7) is 0.858. The van der Waals surface area contributed by atoms with E-state index in [2.05, 4.69) is 9.97 Å². The van der Waals surface area contributed by atoms with Crippen LogP contribution in [0.15, 0.2) is 29.9 Å². The highest BCUT2D eigenvalue weighted by Crippen LogP contribution is 2.15. The second kappa shape index (κ2) is 4.86. The number of hydrogen-bond donors (Lipinski definition) is 1. The van der Waals surface area contributed by atoms with Crippen molar-refractivity contribution in [3.05, 3.63) is 40.5 Å². The van der Waals surface area contributed by atoms with E-state index in [0.717, 1.165) is 4.88 Å². The van der Waals surface area contributed by atoms with Crippen molar-refractivity contribution >= 4 is 11.3 Å². The lowest BCUT2D eigenvalue weighted by molar-refractivity contribution is 0.292. The predicted octanol–water partition coefficient (Wildman–Crippen LogP) is 1.58. The summed E-state index contributed by atoms with van der Waals surface area (Å²) in [5.74, 6) is 0.522. The fourth-order valence-electron chi connectivity index (χ4n) is 1.15. The van der Waals surface area contributed by atoms with Gasteiger partial charge >= 0.3 is 0 Å². The molecule has 78 valence electrons. The van der Waals surface area contributed by atoms with Crippen molar-refractivity contribution in [3.8, 4) is 5.88 Å². The quantitative estimate of drug-likeness (QED) is 0.851. The van der Waals surface area contributed by atoms with Crippen LogP contribution in [-0.2, 0) is 13.2 Å². The Morgan fingerprint density at radius 3 is 2.93 bits per heavy atom. The summed E-state index contributed by atoms with van der Waals surface area (Å²) < 4.78 is 5.53. The topological polar surface area (TPSA) is 61.0 Å². The maximum Gasteiger partial charge on any atom is 0.237 e. The fourth-order valence-corrected chi connectivity index (χ4v) is 1.76. The number of nitrogens with two attached hydrogens (primary N) is 1. The van der Waals surface area contributed by atoms with E-state index in [1.165, 1.54) is 0 Å². The van der Waals surface area contributed by atoms with E-state index < -0.39 is 0 Å². The molecule has 0 atom stereocenters. The van der Waals surface area contributed by atoms with Gasteiger partial charge in [0.15, 0.2) is 0 Å². The van der Waals surface area contributed by atoms with Gasteiger partial charge in [-0.2, -0.15) is 0 Å². The Balaban J connectivity index is 2.04. The first-order valence-corrected chi connectivity index (χ1v) is 5.43. The summed E-state index contributed by atoms with van der Waals surface area (Å²) in [6, 6.07) is 4.01. The van der Waals surface area contributed by atoms with Crippen LogP contribution in [0.1, 0.15) is 10.6 Å². The second-order valence-corrected chi connectivity index (χ2v) is 3.91. The molecule has 2 aromatic rings. The van der Waals surface area contributed by atoms with Crippen LogP contribution in [0.2, 0.25) is 0 Å². The van der Waals surface area contributed by atoms with E-state index in [4.69, 9.17) is 10.5 Å². The van der Waals surface area contributed by atoms with E-state index in [1.54, 1.807) is 23.7 Å². The minimum absolute atomic E-state index is 0.341. The molecule has 0 saturated heterocycles. The molecule has 2 N–H and O–H groups in total. The third kappa shape index (κ3) is 2.51. The standard InChI is InChI=1S/C10H11N3OS/c11-6-9-10(13-4-3-12-9)14-7-8-2-1-5-15-8/h1-5H,6-7,11H2. The van der Waals surface area contributed by atoms with Crippen molar-refractivity contribution in [2.24, 2.45) is 5.73 Å². The van der Waals surface area contributed by atoms with Gasteiger partial charge in [-0.25, -0.2) is 4.98 Å². The van der Waals surface area contributed by atoms with E-state index >= 15 is 0 Å². The Morgan fingerprint density at radius 2 is 2.20 bits per heavy atom. The van der Waals surface area contributed by atoms with Gasteiger partial charge < -0.3 is 10.5 Å². The monoisotopic (exact) mass is 221 g/mol. The van der Waals surface area contributed by atoms with E-state index in [0.29, 0.717) is 24.7 Å². The molecule has 0 aliphatic heterocycles. The van der Waals surface area contributed by atoms with Crippen LogP contribution >= 0.6 is 11.3 Å². The summed E-state index contributed by atoms with van der Waals surface area (Å²) in [6.07, 6.45) is 3.21. The summed E-state index contributed by atoms with van der Waals surface area (Å²) in [4.78, 5) is 9.33. The van der Waals surface area contributed by atoms with Crippen LogP contribution in [0.3, 0.4) is 0 Å². The molecule has 15 heavy (non-hydrogen) atoms. The Kier molecular flexibility index (Phi) is 3.26. The average molecular weight is 221 g/mol. The molecule has 0 unspecified atom stereocenters. The normalized spacial score (nSPS) is 10.2. The largest absolute Gasteiger partial charge is 0.471 e. The third-order valence-corrected chi connectivity index (χ3v) is 2.71. The highest BCUT2D eigenvalue weighted by atomic mass is 32.1. The van der Waals surface area contributed by atoms with E-state index in [-0.39, 0.29) is 0 Å². The molecular weight excluding hydrogens is 210 g/mol. The number of nitrogens with zero attached hydrogens (tertiary/aromatic N) is 2. The number of aromatic nitrogens is 2. The van der Waals surface area contributed by atoms with E-state index in [1.807, 2.05) is 17.5 Å². The Labute approximate surface area is 91.8 Å². The molecule has 0 spiro atoms. The van der Waals surface area contributed by atoms with E-state index in [9.17, 15) is 0 Å². The van der Waals surface area contributed by atoms with Crippen molar-refractivity contribution < 1.29 is 4.74 Å². The first-order chi connectivity index (χ1) is 7.40. The van der Waals surface area contributed by atoms with Gasteiger partial charge in [0.2, 0.25) is 5.88 Å². The molecule has 0 aliphatic rings. The molecule has 0 fully saturated rings. The zero-order valence-corrected chi connectivity index (χ0v) is 8.91. The van der Waals surface area contributed by atoms with Gasteiger partial charge in [0.05, 0.1) is 0 Å². The molecule has 0 aliphatic carbocycles. The van der Waals surface area contributed by atoms with Crippen molar-refractivity contribution in [2.45, 2.75) is 13.2 Å². The summed E-state index contributed by atoms with van der Waals surface area (Å²) in [5, 5.41) is 2.01. The van der Waals surface area contributed by atoms with Gasteiger partial charge in [0, 0.05) is 23.8 Å². The fraction of sp³-hybridized carbons (Fsp3) is 0.200. The molecule has 0 radical (unpaired) electrons. The SMILES string of the molecule is NCc1nccnc1OCc1cccs1. The van der Waals surface area contributed by atoms with Crippen LogP contribution in [0, 0.1) is 0 Å². The average Bonchev–Trinajstić information content (AvgIpc) is 2.79. The highest BCUT2D eigenvalue weighted by molar-refractivity contribution is 7.09. The van der Waals surface area contributed by atoms with Crippen molar-refractivity contribution in [3.63, 3.8) is 0 Å². The molecule has 4 nitrogen and oxygen atoms in total. The lowest BCUT2D eigenvalue weighted by Crippen LogP contribution is -2.05. The molecule has 5 heteroatoms. The molecule has 0 amide bonds. The summed E-state index contributed by atoms with van der Waals surface area (Å²) in [5.41, 5.74) is 6.21. The predicted molar refractivity (Wildman–Crippen MR) is 58.6 cm³/mol. The van der Waals surface area contributed by atoms with Gasteiger partial charge in [0.25, 0.3) is 0 Å². The zero-order chi connectivity index (χ0) is 10.5. The first kappa shape index (κ1) is 10.1. The molecule has 0 saturated carbocycles. The van der Waals surface area contributed by atoms with Crippen LogP contribution in [-0.4, -0.2) is 9.97 Å². The van der Waals surface area contributed by atoms with Crippen molar-refractivity contribution in [2.75, 3.05) is 0 Å². The molecule has 2 aromatic heterocycles. The van der Waals surface area contributed by atoms with Gasteiger partial charge in [-0.05, 0) is 11.4 Å². The van der Waals surface area contributed by atoms with Crippen LogP contribution < -0.4 is 10.5 Å².